The minimum atomic E-state index is -0.426. The van der Waals surface area contributed by atoms with Crippen LogP contribution in [0.15, 0.2) is 36.5 Å². The summed E-state index contributed by atoms with van der Waals surface area (Å²) < 4.78 is 0. The van der Waals surface area contributed by atoms with Gasteiger partial charge in [0.1, 0.15) is 0 Å². The molecule has 0 aliphatic rings. The van der Waals surface area contributed by atoms with Gasteiger partial charge in [-0.1, -0.05) is 32.0 Å². The molecule has 1 N–H and O–H groups in total. The number of aromatic nitrogens is 1. The molecule has 0 spiro atoms. The van der Waals surface area contributed by atoms with Gasteiger partial charge in [-0.2, -0.15) is 0 Å². The van der Waals surface area contributed by atoms with Gasteiger partial charge in [0.05, 0.1) is 0 Å². The van der Waals surface area contributed by atoms with Crippen LogP contribution >= 0.6 is 0 Å². The fourth-order valence-corrected chi connectivity index (χ4v) is 0.995. The molecule has 16 heavy (non-hydrogen) atoms. The molecule has 86 valence electrons. The average molecular weight is 219 g/mol. The number of hydrogen-bond acceptors (Lipinski definition) is 2. The molecule has 2 rings (SSSR count). The molecule has 0 radical (unpaired) electrons. The number of hydrogen-bond donors (Lipinski definition) is 1. The van der Waals surface area contributed by atoms with E-state index in [0.717, 1.165) is 0 Å². The van der Waals surface area contributed by atoms with E-state index >= 15 is 0 Å². The van der Waals surface area contributed by atoms with Gasteiger partial charge in [-0.3, -0.25) is 9.59 Å². The molecule has 0 atom stereocenters. The molecular formula is C13H17NO2. The van der Waals surface area contributed by atoms with Crippen LogP contribution in [0.1, 0.15) is 20.8 Å². The van der Waals surface area contributed by atoms with Crippen molar-refractivity contribution in [2.24, 2.45) is 0 Å². The van der Waals surface area contributed by atoms with E-state index in [2.05, 4.69) is 23.2 Å². The van der Waals surface area contributed by atoms with Crippen molar-refractivity contribution in [2.75, 3.05) is 0 Å². The third-order valence-electron chi connectivity index (χ3n) is 1.63. The van der Waals surface area contributed by atoms with E-state index in [1.807, 2.05) is 32.2 Å². The Hall–Kier alpha value is -1.90. The topological polar surface area (TPSA) is 49.9 Å². The van der Waals surface area contributed by atoms with Crippen LogP contribution in [0.5, 0.6) is 0 Å². The van der Waals surface area contributed by atoms with Crippen molar-refractivity contribution in [3.63, 3.8) is 0 Å². The van der Waals surface area contributed by atoms with Crippen LogP contribution in [0.2, 0.25) is 0 Å². The summed E-state index contributed by atoms with van der Waals surface area (Å²) in [5.41, 5.74) is 1.21. The Morgan fingerprint density at radius 2 is 1.75 bits per heavy atom. The van der Waals surface area contributed by atoms with E-state index in [4.69, 9.17) is 4.79 Å². The summed E-state index contributed by atoms with van der Waals surface area (Å²) in [5, 5.41) is 1.28. The van der Waals surface area contributed by atoms with Gasteiger partial charge >= 0.3 is 0 Å². The number of carbonyl (C=O) groups is 2. The number of rotatable bonds is 1. The zero-order valence-electron chi connectivity index (χ0n) is 9.86. The molecule has 0 fully saturated rings. The summed E-state index contributed by atoms with van der Waals surface area (Å²) in [5.74, 6) is -0.426. The normalized spacial score (nSPS) is 8.19. The summed E-state index contributed by atoms with van der Waals surface area (Å²) in [7, 11) is 0. The fourth-order valence-electron chi connectivity index (χ4n) is 0.995. The van der Waals surface area contributed by atoms with Gasteiger partial charge in [0.25, 0.3) is 0 Å². The lowest BCUT2D eigenvalue weighted by atomic mass is 10.3. The zero-order valence-corrected chi connectivity index (χ0v) is 9.86. The van der Waals surface area contributed by atoms with Crippen LogP contribution in [0.4, 0.5) is 0 Å². The van der Waals surface area contributed by atoms with E-state index in [1.54, 1.807) is 0 Å². The van der Waals surface area contributed by atoms with E-state index in [1.165, 1.54) is 17.8 Å². The van der Waals surface area contributed by atoms with Gasteiger partial charge in [-0.05, 0) is 17.5 Å². The number of Topliss-reactive ketones (excluding diaryl/α,β-unsaturated/α-hetero) is 1. The summed E-state index contributed by atoms with van der Waals surface area (Å²) in [4.78, 5) is 21.7. The average Bonchev–Trinajstić information content (AvgIpc) is 2.80. The highest BCUT2D eigenvalue weighted by atomic mass is 16.2. The lowest BCUT2D eigenvalue weighted by Crippen LogP contribution is -1.85. The third kappa shape index (κ3) is 5.10. The van der Waals surface area contributed by atoms with Crippen LogP contribution in [-0.4, -0.2) is 17.1 Å². The quantitative estimate of drug-likeness (QED) is 0.592. The number of carbonyl (C=O) groups excluding carboxylic acids is 2. The number of benzene rings is 1. The Morgan fingerprint density at radius 3 is 2.25 bits per heavy atom. The number of fused-ring (bicyclic) bond motifs is 1. The smallest absolute Gasteiger partial charge is 0.192 e. The lowest BCUT2D eigenvalue weighted by Gasteiger charge is -1.83. The maximum Gasteiger partial charge on any atom is 0.192 e. The first-order chi connectivity index (χ1) is 7.74. The van der Waals surface area contributed by atoms with E-state index in [-0.39, 0.29) is 6.29 Å². The standard InChI is InChI=1S/C8H7N.C3H4O2.C2H6/c1-2-4-8-7(3-1)5-6-9-8;1-3(5)2-4;1-2/h1-6,9H;2H,1H3;1-2H3. The molecule has 0 amide bonds. The second kappa shape index (κ2) is 8.41. The SMILES string of the molecule is CC.CC(=O)C=O.c1ccc2[nH]ccc2c1. The first-order valence-electron chi connectivity index (χ1n) is 5.22. The molecule has 0 bridgehead atoms. The van der Waals surface area contributed by atoms with Crippen LogP contribution < -0.4 is 0 Å². The van der Waals surface area contributed by atoms with Crippen LogP contribution in [0, 0.1) is 0 Å². The Labute approximate surface area is 95.5 Å². The summed E-state index contributed by atoms with van der Waals surface area (Å²) >= 11 is 0. The predicted octanol–water partition coefficient (Wildman–Crippen LogP) is 2.97. The first kappa shape index (κ1) is 14.1. The fraction of sp³-hybridized carbons (Fsp3) is 0.231. The maximum atomic E-state index is 9.44. The van der Waals surface area contributed by atoms with E-state index in [0.29, 0.717) is 0 Å². The number of nitrogens with one attached hydrogen (secondary N) is 1. The number of para-hydroxylation sites is 1. The van der Waals surface area contributed by atoms with Gasteiger partial charge in [0, 0.05) is 18.6 Å². The molecule has 1 aromatic heterocycles. The zero-order chi connectivity index (χ0) is 12.4. The van der Waals surface area contributed by atoms with Crippen molar-refractivity contribution < 1.29 is 9.59 Å². The molecule has 0 saturated heterocycles. The van der Waals surface area contributed by atoms with Crippen molar-refractivity contribution in [2.45, 2.75) is 20.8 Å². The second-order valence-electron chi connectivity index (χ2n) is 2.79. The van der Waals surface area contributed by atoms with Crippen molar-refractivity contribution in [3.8, 4) is 0 Å². The molecule has 0 aliphatic heterocycles. The van der Waals surface area contributed by atoms with Gasteiger partial charge < -0.3 is 4.98 Å². The first-order valence-corrected chi connectivity index (χ1v) is 5.22. The molecule has 3 heteroatoms. The van der Waals surface area contributed by atoms with Crippen LogP contribution in [0.25, 0.3) is 10.9 Å². The Balaban J connectivity index is 0.000000280. The highest BCUT2D eigenvalue weighted by Gasteiger charge is 1.86. The Kier molecular flexibility index (Phi) is 7.41. The molecule has 0 unspecified atom stereocenters. The van der Waals surface area contributed by atoms with E-state index in [9.17, 15) is 4.79 Å². The molecular weight excluding hydrogens is 202 g/mol. The Morgan fingerprint density at radius 1 is 1.19 bits per heavy atom. The number of H-pyrrole nitrogens is 1. The highest BCUT2D eigenvalue weighted by molar-refractivity contribution is 6.23. The Bertz CT molecular complexity index is 402. The van der Waals surface area contributed by atoms with Crippen molar-refractivity contribution in [1.82, 2.24) is 4.98 Å². The maximum absolute atomic E-state index is 9.44. The molecule has 1 aromatic carbocycles. The molecule has 3 nitrogen and oxygen atoms in total. The third-order valence-corrected chi connectivity index (χ3v) is 1.63. The van der Waals surface area contributed by atoms with Gasteiger partial charge in [0.2, 0.25) is 0 Å². The van der Waals surface area contributed by atoms with Crippen LogP contribution in [-0.2, 0) is 9.59 Å². The molecule has 0 saturated carbocycles. The molecule has 0 aliphatic carbocycles. The van der Waals surface area contributed by atoms with Gasteiger partial charge in [-0.25, -0.2) is 0 Å². The monoisotopic (exact) mass is 219 g/mol. The second-order valence-corrected chi connectivity index (χ2v) is 2.79. The molecule has 1 heterocycles. The van der Waals surface area contributed by atoms with Gasteiger partial charge in [-0.15, -0.1) is 0 Å². The summed E-state index contributed by atoms with van der Waals surface area (Å²) in [6.07, 6.45) is 2.23. The van der Waals surface area contributed by atoms with E-state index < -0.39 is 5.78 Å². The van der Waals surface area contributed by atoms with Crippen molar-refractivity contribution in [1.29, 1.82) is 0 Å². The van der Waals surface area contributed by atoms with Gasteiger partial charge in [0.15, 0.2) is 12.1 Å². The minimum Gasteiger partial charge on any atom is -0.361 e. The highest BCUT2D eigenvalue weighted by Crippen LogP contribution is 2.09. The minimum absolute atomic E-state index is 0.278. The molecule has 2 aromatic rings. The summed E-state index contributed by atoms with van der Waals surface area (Å²) in [6, 6.07) is 10.3. The number of aldehydes is 1. The lowest BCUT2D eigenvalue weighted by molar-refractivity contribution is -0.128. The van der Waals surface area contributed by atoms with Crippen molar-refractivity contribution >= 4 is 23.0 Å². The van der Waals surface area contributed by atoms with Crippen LogP contribution in [0.3, 0.4) is 0 Å². The predicted molar refractivity (Wildman–Crippen MR) is 66.4 cm³/mol. The number of ketones is 1. The number of aromatic amines is 1. The summed E-state index contributed by atoms with van der Waals surface area (Å²) in [6.45, 7) is 5.22. The largest absolute Gasteiger partial charge is 0.361 e. The van der Waals surface area contributed by atoms with Crippen molar-refractivity contribution in [3.05, 3.63) is 36.5 Å².